The fourth-order valence-electron chi connectivity index (χ4n) is 1.09. The van der Waals surface area contributed by atoms with Gasteiger partial charge in [-0.2, -0.15) is 0 Å². The fraction of sp³-hybridized carbons (Fsp3) is 0.357. The fourth-order valence-corrected chi connectivity index (χ4v) is 3.63. The number of rotatable bonds is 3. The van der Waals surface area contributed by atoms with Crippen molar-refractivity contribution in [3.05, 3.63) is 43.7 Å². The number of carbonyl (C=O) groups is 1. The van der Waals surface area contributed by atoms with E-state index in [0.29, 0.717) is 0 Å². The first-order valence-electron chi connectivity index (χ1n) is 5.47. The Hall–Kier alpha value is -0.360. The average Bonchev–Trinajstić information content (AvgIpc) is 2.23. The Morgan fingerprint density at radius 1 is 1.22 bits per heavy atom. The molecule has 0 amide bonds. The van der Waals surface area contributed by atoms with Crippen LogP contribution in [0.15, 0.2) is 40.2 Å². The summed E-state index contributed by atoms with van der Waals surface area (Å²) >= 11 is -0.251. The lowest BCUT2D eigenvalue weighted by Gasteiger charge is -2.19. The number of ether oxygens (including phenoxy) is 1. The van der Waals surface area contributed by atoms with Crippen molar-refractivity contribution in [3.8, 4) is 0 Å². The molecule has 1 aromatic carbocycles. The minimum absolute atomic E-state index is 0. The first-order chi connectivity index (χ1) is 7.89. The highest BCUT2D eigenvalue weighted by Crippen LogP contribution is 2.24. The molecule has 0 atom stereocenters. The Labute approximate surface area is 130 Å². The van der Waals surface area contributed by atoms with Crippen LogP contribution in [0.25, 0.3) is 0 Å². The SMILES string of the molecule is CC(=O)O/C(=C\[I+]c1ccccc1)C(C)(C)C.[Br-]. The lowest BCUT2D eigenvalue weighted by molar-refractivity contribution is -0.559. The van der Waals surface area contributed by atoms with Crippen molar-refractivity contribution in [2.24, 2.45) is 5.41 Å². The van der Waals surface area contributed by atoms with Crippen LogP contribution >= 0.6 is 0 Å². The molecule has 0 unspecified atom stereocenters. The predicted octanol–water partition coefficient (Wildman–Crippen LogP) is -2.60. The highest BCUT2D eigenvalue weighted by Gasteiger charge is 2.24. The number of esters is 1. The summed E-state index contributed by atoms with van der Waals surface area (Å²) in [6.07, 6.45) is 0. The molecule has 0 bridgehead atoms. The second-order valence-corrected chi connectivity index (χ2v) is 7.21. The molecule has 0 aromatic heterocycles. The lowest BCUT2D eigenvalue weighted by Crippen LogP contribution is -3.59. The van der Waals surface area contributed by atoms with Crippen molar-refractivity contribution in [1.82, 2.24) is 0 Å². The second-order valence-electron chi connectivity index (χ2n) is 4.72. The molecule has 1 rings (SSSR count). The van der Waals surface area contributed by atoms with Crippen LogP contribution in [0.1, 0.15) is 27.7 Å². The molecule has 0 saturated carbocycles. The van der Waals surface area contributed by atoms with Crippen LogP contribution in [-0.4, -0.2) is 5.97 Å². The second kappa shape index (κ2) is 7.94. The lowest BCUT2D eigenvalue weighted by atomic mass is 9.95. The maximum absolute atomic E-state index is 11.1. The van der Waals surface area contributed by atoms with Gasteiger partial charge in [0.2, 0.25) is 0 Å². The summed E-state index contributed by atoms with van der Waals surface area (Å²) in [7, 11) is 0. The molecule has 0 spiro atoms. The number of hydrogen-bond acceptors (Lipinski definition) is 2. The minimum atomic E-state index is -0.251. The van der Waals surface area contributed by atoms with E-state index in [1.54, 1.807) is 0 Å². The van der Waals surface area contributed by atoms with Crippen LogP contribution in [0, 0.1) is 8.99 Å². The van der Waals surface area contributed by atoms with Crippen LogP contribution < -0.4 is 38.2 Å². The summed E-state index contributed by atoms with van der Waals surface area (Å²) in [4.78, 5) is 11.1. The maximum atomic E-state index is 11.1. The van der Waals surface area contributed by atoms with Gasteiger partial charge in [0, 0.05) is 12.3 Å². The van der Waals surface area contributed by atoms with Gasteiger partial charge in [0.25, 0.3) is 0 Å². The molecule has 0 aliphatic carbocycles. The normalized spacial score (nSPS) is 11.7. The topological polar surface area (TPSA) is 26.3 Å². The zero-order valence-corrected chi connectivity index (χ0v) is 14.8. The van der Waals surface area contributed by atoms with E-state index in [-0.39, 0.29) is 49.6 Å². The summed E-state index contributed by atoms with van der Waals surface area (Å²) in [5, 5.41) is 0. The van der Waals surface area contributed by atoms with Gasteiger partial charge < -0.3 is 21.7 Å². The van der Waals surface area contributed by atoms with Gasteiger partial charge in [-0.25, -0.2) is 0 Å². The number of carbonyl (C=O) groups excluding carboxylic acids is 1. The van der Waals surface area contributed by atoms with Gasteiger partial charge in [-0.15, -0.1) is 0 Å². The molecule has 0 aliphatic heterocycles. The number of benzene rings is 1. The molecule has 4 heteroatoms. The Kier molecular flexibility index (Phi) is 7.78. The van der Waals surface area contributed by atoms with Gasteiger partial charge in [0.1, 0.15) is 0 Å². The van der Waals surface area contributed by atoms with Gasteiger partial charge in [0.15, 0.2) is 13.4 Å². The number of allylic oxidation sites excluding steroid dienone is 1. The maximum Gasteiger partial charge on any atom is 0.353 e. The van der Waals surface area contributed by atoms with Crippen LogP contribution in [0.4, 0.5) is 0 Å². The summed E-state index contributed by atoms with van der Waals surface area (Å²) in [6.45, 7) is 7.60. The third kappa shape index (κ3) is 6.54. The summed E-state index contributed by atoms with van der Waals surface area (Å²) in [5.41, 5.74) is -0.125. The highest BCUT2D eigenvalue weighted by atomic mass is 127. The molecular weight excluding hydrogens is 407 g/mol. The van der Waals surface area contributed by atoms with Gasteiger partial charge in [0.05, 0.1) is 0 Å². The first-order valence-corrected chi connectivity index (χ1v) is 7.79. The quantitative estimate of drug-likeness (QED) is 0.302. The van der Waals surface area contributed by atoms with Crippen LogP contribution in [0.5, 0.6) is 0 Å². The van der Waals surface area contributed by atoms with Gasteiger partial charge in [-0.05, 0) is 12.1 Å². The molecule has 100 valence electrons. The molecule has 0 saturated heterocycles. The van der Waals surface area contributed by atoms with Crippen molar-refractivity contribution in [2.75, 3.05) is 0 Å². The van der Waals surface area contributed by atoms with Crippen molar-refractivity contribution in [3.63, 3.8) is 0 Å². The molecule has 1 aromatic rings. The highest BCUT2D eigenvalue weighted by molar-refractivity contribution is 5.67. The smallest absolute Gasteiger partial charge is 0.353 e. The van der Waals surface area contributed by atoms with E-state index < -0.39 is 0 Å². The summed E-state index contributed by atoms with van der Waals surface area (Å²) in [5.74, 6) is 0.532. The summed E-state index contributed by atoms with van der Waals surface area (Å²) in [6, 6.07) is 10.3. The molecule has 0 heterocycles. The van der Waals surface area contributed by atoms with Crippen molar-refractivity contribution in [2.45, 2.75) is 27.7 Å². The molecule has 0 radical (unpaired) electrons. The Morgan fingerprint density at radius 3 is 2.22 bits per heavy atom. The molecule has 0 N–H and O–H groups in total. The van der Waals surface area contributed by atoms with Gasteiger partial charge in [-0.1, -0.05) is 39.0 Å². The molecular formula is C14H18BrIO2. The van der Waals surface area contributed by atoms with E-state index in [1.165, 1.54) is 10.5 Å². The zero-order chi connectivity index (χ0) is 12.9. The standard InChI is InChI=1S/C14H18IO2.BrH/c1-11(16)17-13(14(2,3)4)10-15-12-8-6-5-7-9-12;/h5-10H,1-4H3;1H/q+1;/p-1/b13-10-;. The van der Waals surface area contributed by atoms with Crippen molar-refractivity contribution < 1.29 is 47.7 Å². The van der Waals surface area contributed by atoms with E-state index in [4.69, 9.17) is 4.74 Å². The van der Waals surface area contributed by atoms with Gasteiger partial charge >= 0.3 is 27.2 Å². The van der Waals surface area contributed by atoms with Crippen molar-refractivity contribution in [1.29, 1.82) is 0 Å². The minimum Gasteiger partial charge on any atom is -1.00 e. The largest absolute Gasteiger partial charge is 1.00 e. The van der Waals surface area contributed by atoms with Crippen LogP contribution in [0.3, 0.4) is 0 Å². The van der Waals surface area contributed by atoms with E-state index in [1.807, 2.05) is 18.2 Å². The van der Waals surface area contributed by atoms with E-state index in [0.717, 1.165) is 5.76 Å². The molecule has 18 heavy (non-hydrogen) atoms. The van der Waals surface area contributed by atoms with Gasteiger partial charge in [-0.3, -0.25) is 4.79 Å². The van der Waals surface area contributed by atoms with E-state index in [2.05, 4.69) is 37.0 Å². The molecule has 0 fully saturated rings. The van der Waals surface area contributed by atoms with Crippen LogP contribution in [0.2, 0.25) is 0 Å². The Morgan fingerprint density at radius 2 is 1.78 bits per heavy atom. The average molecular weight is 425 g/mol. The number of hydrogen-bond donors (Lipinski definition) is 0. The molecule has 0 aliphatic rings. The molecule has 2 nitrogen and oxygen atoms in total. The van der Waals surface area contributed by atoms with E-state index in [9.17, 15) is 4.79 Å². The zero-order valence-electron chi connectivity index (χ0n) is 11.0. The van der Waals surface area contributed by atoms with E-state index >= 15 is 0 Å². The van der Waals surface area contributed by atoms with Crippen LogP contribution in [-0.2, 0) is 9.53 Å². The summed E-state index contributed by atoms with van der Waals surface area (Å²) < 4.78 is 8.70. The third-order valence-electron chi connectivity index (χ3n) is 2.01. The first kappa shape index (κ1) is 17.6. The third-order valence-corrected chi connectivity index (χ3v) is 4.32. The monoisotopic (exact) mass is 424 g/mol. The predicted molar refractivity (Wildman–Crippen MR) is 64.4 cm³/mol. The Balaban J connectivity index is 0.00000289. The Bertz CT molecular complexity index is 408. The van der Waals surface area contributed by atoms with Crippen molar-refractivity contribution >= 4 is 5.97 Å². The number of halogens is 2.